The molecule has 12 nitrogen and oxygen atoms in total. The SMILES string of the molecule is O=C(COC(=O)CNC(=O)c1ccc(Cl)c([N+](=O)[O-])c1)Nc1nnc(-c2ccccc2)o1. The highest BCUT2D eigenvalue weighted by molar-refractivity contribution is 6.32. The molecular weight excluding hydrogens is 446 g/mol. The number of halogens is 1. The van der Waals surface area contributed by atoms with Gasteiger partial charge in [0.05, 0.1) is 4.92 Å². The zero-order valence-electron chi connectivity index (χ0n) is 16.1. The molecule has 0 saturated heterocycles. The monoisotopic (exact) mass is 459 g/mol. The van der Waals surface area contributed by atoms with Gasteiger partial charge in [0.2, 0.25) is 5.89 Å². The van der Waals surface area contributed by atoms with Crippen molar-refractivity contribution in [3.05, 3.63) is 69.2 Å². The first-order valence-electron chi connectivity index (χ1n) is 8.90. The second kappa shape index (κ2) is 10.1. The van der Waals surface area contributed by atoms with Crippen molar-refractivity contribution in [3.63, 3.8) is 0 Å². The number of amides is 2. The summed E-state index contributed by atoms with van der Waals surface area (Å²) in [5.41, 5.74) is 0.140. The second-order valence-corrected chi connectivity index (χ2v) is 6.50. The minimum Gasteiger partial charge on any atom is -0.454 e. The first-order valence-corrected chi connectivity index (χ1v) is 9.28. The van der Waals surface area contributed by atoms with Crippen LogP contribution in [0.1, 0.15) is 10.4 Å². The number of nitro groups is 1. The molecule has 2 amide bonds. The molecule has 0 aliphatic heterocycles. The molecule has 0 aliphatic carbocycles. The Hall–Kier alpha value is -4.32. The third-order valence-corrected chi connectivity index (χ3v) is 4.17. The number of carbonyl (C=O) groups excluding carboxylic acids is 3. The average Bonchev–Trinajstić information content (AvgIpc) is 3.25. The van der Waals surface area contributed by atoms with Gasteiger partial charge in [-0.05, 0) is 24.3 Å². The van der Waals surface area contributed by atoms with E-state index < -0.39 is 41.5 Å². The number of hydrogen-bond donors (Lipinski definition) is 2. The van der Waals surface area contributed by atoms with Crippen molar-refractivity contribution >= 4 is 41.1 Å². The molecule has 3 rings (SSSR count). The van der Waals surface area contributed by atoms with Crippen molar-refractivity contribution in [2.45, 2.75) is 0 Å². The fourth-order valence-corrected chi connectivity index (χ4v) is 2.56. The summed E-state index contributed by atoms with van der Waals surface area (Å²) in [6.07, 6.45) is 0. The van der Waals surface area contributed by atoms with Crippen LogP contribution < -0.4 is 10.6 Å². The van der Waals surface area contributed by atoms with Crippen LogP contribution in [0.3, 0.4) is 0 Å². The predicted molar refractivity (Wildman–Crippen MR) is 110 cm³/mol. The molecule has 1 heterocycles. The Bertz CT molecular complexity index is 1170. The van der Waals surface area contributed by atoms with Crippen LogP contribution in [-0.2, 0) is 14.3 Å². The van der Waals surface area contributed by atoms with Crippen molar-refractivity contribution in [2.24, 2.45) is 0 Å². The molecule has 164 valence electrons. The summed E-state index contributed by atoms with van der Waals surface area (Å²) in [6.45, 7) is -1.23. The zero-order chi connectivity index (χ0) is 23.1. The standard InChI is InChI=1S/C19H14ClN5O7/c20-13-7-6-12(8-14(13)25(29)30)17(28)21-9-16(27)31-10-15(26)22-19-24-23-18(32-19)11-4-2-1-3-5-11/h1-8H,9-10H2,(H,21,28)(H,22,24,26). The maximum atomic E-state index is 12.0. The van der Waals surface area contributed by atoms with Crippen LogP contribution in [0.5, 0.6) is 0 Å². The van der Waals surface area contributed by atoms with Crippen molar-refractivity contribution in [1.82, 2.24) is 15.5 Å². The Morgan fingerprint density at radius 1 is 1.12 bits per heavy atom. The normalized spacial score (nSPS) is 10.3. The molecule has 2 N–H and O–H groups in total. The third-order valence-electron chi connectivity index (χ3n) is 3.85. The fraction of sp³-hybridized carbons (Fsp3) is 0.105. The van der Waals surface area contributed by atoms with Gasteiger partial charge in [0, 0.05) is 17.2 Å². The van der Waals surface area contributed by atoms with E-state index >= 15 is 0 Å². The molecule has 0 unspecified atom stereocenters. The lowest BCUT2D eigenvalue weighted by Crippen LogP contribution is -2.32. The molecule has 0 atom stereocenters. The lowest BCUT2D eigenvalue weighted by molar-refractivity contribution is -0.384. The summed E-state index contributed by atoms with van der Waals surface area (Å²) >= 11 is 5.68. The number of rotatable bonds is 8. The van der Waals surface area contributed by atoms with Crippen LogP contribution in [0, 0.1) is 10.1 Å². The van der Waals surface area contributed by atoms with E-state index in [0.29, 0.717) is 5.56 Å². The number of benzene rings is 2. The molecule has 0 bridgehead atoms. The lowest BCUT2D eigenvalue weighted by Gasteiger charge is -2.06. The topological polar surface area (TPSA) is 167 Å². The highest BCUT2D eigenvalue weighted by Crippen LogP contribution is 2.25. The van der Waals surface area contributed by atoms with Gasteiger partial charge in [-0.25, -0.2) is 0 Å². The Labute approximate surface area is 184 Å². The van der Waals surface area contributed by atoms with E-state index in [0.717, 1.165) is 6.07 Å². The summed E-state index contributed by atoms with van der Waals surface area (Å²) in [4.78, 5) is 45.8. The zero-order valence-corrected chi connectivity index (χ0v) is 16.9. The van der Waals surface area contributed by atoms with E-state index in [4.69, 9.17) is 20.8 Å². The number of ether oxygens (including phenoxy) is 1. The Morgan fingerprint density at radius 3 is 2.59 bits per heavy atom. The van der Waals surface area contributed by atoms with Gasteiger partial charge >= 0.3 is 12.0 Å². The van der Waals surface area contributed by atoms with E-state index in [9.17, 15) is 24.5 Å². The smallest absolute Gasteiger partial charge is 0.325 e. The van der Waals surface area contributed by atoms with Crippen molar-refractivity contribution < 1.29 is 28.5 Å². The van der Waals surface area contributed by atoms with Crippen LogP contribution in [0.2, 0.25) is 5.02 Å². The molecule has 13 heteroatoms. The first kappa shape index (κ1) is 22.4. The molecule has 0 fully saturated rings. The van der Waals surface area contributed by atoms with Gasteiger partial charge in [0.25, 0.3) is 17.5 Å². The van der Waals surface area contributed by atoms with Crippen molar-refractivity contribution in [2.75, 3.05) is 18.5 Å². The molecule has 32 heavy (non-hydrogen) atoms. The maximum Gasteiger partial charge on any atom is 0.325 e. The Morgan fingerprint density at radius 2 is 1.88 bits per heavy atom. The number of esters is 1. The lowest BCUT2D eigenvalue weighted by atomic mass is 10.2. The van der Waals surface area contributed by atoms with Crippen LogP contribution in [0.25, 0.3) is 11.5 Å². The van der Waals surface area contributed by atoms with Gasteiger partial charge in [0.15, 0.2) is 6.61 Å². The number of nitro benzene ring substituents is 1. The van der Waals surface area contributed by atoms with Crippen molar-refractivity contribution in [3.8, 4) is 11.5 Å². The predicted octanol–water partition coefficient (Wildman–Crippen LogP) is 2.21. The van der Waals surface area contributed by atoms with Gasteiger partial charge in [-0.1, -0.05) is 34.9 Å². The third kappa shape index (κ3) is 5.86. The average molecular weight is 460 g/mol. The van der Waals surface area contributed by atoms with Crippen LogP contribution >= 0.6 is 11.6 Å². The Balaban J connectivity index is 1.44. The summed E-state index contributed by atoms with van der Waals surface area (Å²) in [5.74, 6) is -2.21. The minimum atomic E-state index is -0.910. The number of hydrogen-bond acceptors (Lipinski definition) is 9. The molecule has 0 saturated carbocycles. The van der Waals surface area contributed by atoms with E-state index in [1.807, 2.05) is 6.07 Å². The summed E-state index contributed by atoms with van der Waals surface area (Å²) in [6, 6.07) is 12.1. The Kier molecular flexibility index (Phi) is 7.08. The van der Waals surface area contributed by atoms with Gasteiger partial charge < -0.3 is 14.5 Å². The summed E-state index contributed by atoms with van der Waals surface area (Å²) in [7, 11) is 0. The number of carbonyl (C=O) groups is 3. The number of aromatic nitrogens is 2. The van der Waals surface area contributed by atoms with Gasteiger partial charge in [-0.3, -0.25) is 29.8 Å². The maximum absolute atomic E-state index is 12.0. The number of anilines is 1. The molecule has 0 radical (unpaired) electrons. The summed E-state index contributed by atoms with van der Waals surface area (Å²) < 4.78 is 10.1. The molecule has 2 aromatic carbocycles. The number of nitrogens with one attached hydrogen (secondary N) is 2. The van der Waals surface area contributed by atoms with Crippen LogP contribution in [0.15, 0.2) is 52.9 Å². The van der Waals surface area contributed by atoms with Crippen molar-refractivity contribution in [1.29, 1.82) is 0 Å². The van der Waals surface area contributed by atoms with E-state index in [1.54, 1.807) is 24.3 Å². The van der Waals surface area contributed by atoms with E-state index in [2.05, 4.69) is 20.8 Å². The fourth-order valence-electron chi connectivity index (χ4n) is 2.37. The minimum absolute atomic E-state index is 0.0720. The quantitative estimate of drug-likeness (QED) is 0.291. The molecule has 1 aromatic heterocycles. The van der Waals surface area contributed by atoms with Gasteiger partial charge in [0.1, 0.15) is 11.6 Å². The van der Waals surface area contributed by atoms with Gasteiger partial charge in [-0.2, -0.15) is 0 Å². The molecular formula is C19H14ClN5O7. The highest BCUT2D eigenvalue weighted by atomic mass is 35.5. The van der Waals surface area contributed by atoms with Gasteiger partial charge in [-0.15, -0.1) is 5.10 Å². The highest BCUT2D eigenvalue weighted by Gasteiger charge is 2.18. The van der Waals surface area contributed by atoms with E-state index in [1.165, 1.54) is 12.1 Å². The molecule has 3 aromatic rings. The van der Waals surface area contributed by atoms with Crippen LogP contribution in [-0.4, -0.2) is 46.1 Å². The molecule has 0 aliphatic rings. The second-order valence-electron chi connectivity index (χ2n) is 6.09. The van der Waals surface area contributed by atoms with Crippen LogP contribution in [0.4, 0.5) is 11.7 Å². The number of nitrogens with zero attached hydrogens (tertiary/aromatic N) is 3. The van der Waals surface area contributed by atoms with E-state index in [-0.39, 0.29) is 22.5 Å². The molecule has 0 spiro atoms. The summed E-state index contributed by atoms with van der Waals surface area (Å²) in [5, 5.41) is 22.7. The first-order chi connectivity index (χ1) is 15.3. The largest absolute Gasteiger partial charge is 0.454 e.